The molecule has 0 aliphatic rings. The lowest BCUT2D eigenvalue weighted by Gasteiger charge is -2.06. The summed E-state index contributed by atoms with van der Waals surface area (Å²) in [5, 5.41) is 6.35. The molecule has 0 aliphatic carbocycles. The van der Waals surface area contributed by atoms with Crippen molar-refractivity contribution in [2.24, 2.45) is 0 Å². The predicted molar refractivity (Wildman–Crippen MR) is 75.5 cm³/mol. The average molecular weight is 313 g/mol. The average Bonchev–Trinajstić information content (AvgIpc) is 2.74. The van der Waals surface area contributed by atoms with Crippen LogP contribution in [0.15, 0.2) is 28.2 Å². The summed E-state index contributed by atoms with van der Waals surface area (Å²) in [6.07, 6.45) is 1.75. The third-order valence-corrected chi connectivity index (χ3v) is 3.69. The number of aromatic nitrogens is 2. The molecular formula is C11H13BrN4S. The number of hydrogen-bond donors (Lipinski definition) is 2. The highest BCUT2D eigenvalue weighted by Crippen LogP contribution is 2.22. The molecule has 0 saturated heterocycles. The predicted octanol–water partition coefficient (Wildman–Crippen LogP) is 3.34. The molecule has 2 heterocycles. The van der Waals surface area contributed by atoms with Crippen molar-refractivity contribution in [2.45, 2.75) is 13.5 Å². The van der Waals surface area contributed by atoms with Crippen molar-refractivity contribution in [1.29, 1.82) is 0 Å². The highest BCUT2D eigenvalue weighted by Gasteiger charge is 2.00. The fourth-order valence-electron chi connectivity index (χ4n) is 1.32. The van der Waals surface area contributed by atoms with E-state index in [-0.39, 0.29) is 0 Å². The summed E-state index contributed by atoms with van der Waals surface area (Å²) in [6, 6.07) is 6.00. The van der Waals surface area contributed by atoms with E-state index in [1.54, 1.807) is 17.5 Å². The fourth-order valence-corrected chi connectivity index (χ4v) is 2.75. The molecule has 0 aliphatic heterocycles. The van der Waals surface area contributed by atoms with Crippen molar-refractivity contribution in [3.8, 4) is 0 Å². The van der Waals surface area contributed by atoms with Crippen molar-refractivity contribution >= 4 is 39.0 Å². The Hall–Kier alpha value is -1.14. The molecule has 0 fully saturated rings. The minimum absolute atomic E-state index is 0.657. The topological polar surface area (TPSA) is 49.8 Å². The number of nitrogens with zero attached hydrogens (tertiary/aromatic N) is 2. The van der Waals surface area contributed by atoms with Gasteiger partial charge in [-0.25, -0.2) is 4.98 Å². The Balaban J connectivity index is 1.96. The van der Waals surface area contributed by atoms with Crippen LogP contribution in [0.5, 0.6) is 0 Å². The minimum atomic E-state index is 0.657. The molecule has 2 N–H and O–H groups in total. The quantitative estimate of drug-likeness (QED) is 0.889. The molecule has 0 spiro atoms. The summed E-state index contributed by atoms with van der Waals surface area (Å²) in [7, 11) is 0. The maximum atomic E-state index is 4.34. The number of anilines is 2. The molecule has 0 bridgehead atoms. The smallest absolute Gasteiger partial charge is 0.224 e. The third-order valence-electron chi connectivity index (χ3n) is 2.06. The highest BCUT2D eigenvalue weighted by atomic mass is 79.9. The normalized spacial score (nSPS) is 10.2. The lowest BCUT2D eigenvalue weighted by Crippen LogP contribution is -2.05. The van der Waals surface area contributed by atoms with Crippen LogP contribution >= 0.6 is 27.3 Å². The van der Waals surface area contributed by atoms with E-state index in [2.05, 4.69) is 42.6 Å². The molecule has 90 valence electrons. The van der Waals surface area contributed by atoms with Gasteiger partial charge >= 0.3 is 0 Å². The molecule has 2 aromatic rings. The second kappa shape index (κ2) is 5.97. The zero-order chi connectivity index (χ0) is 12.1. The van der Waals surface area contributed by atoms with Crippen molar-refractivity contribution in [1.82, 2.24) is 9.97 Å². The van der Waals surface area contributed by atoms with Crippen LogP contribution in [0, 0.1) is 0 Å². The molecule has 0 aromatic carbocycles. The zero-order valence-corrected chi connectivity index (χ0v) is 11.8. The lowest BCUT2D eigenvalue weighted by molar-refractivity contribution is 1.06. The molecule has 2 rings (SSSR count). The molecule has 0 saturated carbocycles. The molecule has 2 aromatic heterocycles. The number of hydrogen-bond acceptors (Lipinski definition) is 5. The first-order chi connectivity index (χ1) is 8.28. The number of thiophene rings is 1. The van der Waals surface area contributed by atoms with E-state index >= 15 is 0 Å². The Labute approximate surface area is 113 Å². The van der Waals surface area contributed by atoms with Crippen molar-refractivity contribution in [3.05, 3.63) is 33.1 Å². The summed E-state index contributed by atoms with van der Waals surface area (Å²) in [5.41, 5.74) is 0. The molecule has 17 heavy (non-hydrogen) atoms. The van der Waals surface area contributed by atoms with Gasteiger partial charge in [-0.05, 0) is 41.1 Å². The summed E-state index contributed by atoms with van der Waals surface area (Å²) in [4.78, 5) is 9.73. The van der Waals surface area contributed by atoms with Crippen molar-refractivity contribution in [2.75, 3.05) is 17.2 Å². The van der Waals surface area contributed by atoms with Crippen LogP contribution < -0.4 is 10.6 Å². The molecule has 6 heteroatoms. The summed E-state index contributed by atoms with van der Waals surface area (Å²) in [5.74, 6) is 1.49. The number of nitrogens with one attached hydrogen (secondary N) is 2. The molecule has 4 nitrogen and oxygen atoms in total. The Bertz CT molecular complexity index is 486. The van der Waals surface area contributed by atoms with Gasteiger partial charge in [0.25, 0.3) is 0 Å². The van der Waals surface area contributed by atoms with E-state index in [0.29, 0.717) is 5.95 Å². The first-order valence-corrected chi connectivity index (χ1v) is 6.94. The van der Waals surface area contributed by atoms with Gasteiger partial charge in [0.2, 0.25) is 5.95 Å². The first kappa shape index (κ1) is 12.3. The van der Waals surface area contributed by atoms with Gasteiger partial charge in [0.1, 0.15) is 5.82 Å². The Morgan fingerprint density at radius 1 is 1.29 bits per heavy atom. The van der Waals surface area contributed by atoms with Gasteiger partial charge < -0.3 is 10.6 Å². The highest BCUT2D eigenvalue weighted by molar-refractivity contribution is 9.11. The second-order valence-electron chi connectivity index (χ2n) is 3.36. The second-order valence-corrected chi connectivity index (χ2v) is 5.90. The zero-order valence-electron chi connectivity index (χ0n) is 9.40. The summed E-state index contributed by atoms with van der Waals surface area (Å²) < 4.78 is 1.14. The van der Waals surface area contributed by atoms with Gasteiger partial charge in [0.05, 0.1) is 10.3 Å². The third kappa shape index (κ3) is 3.67. The van der Waals surface area contributed by atoms with Gasteiger partial charge in [-0.1, -0.05) is 0 Å². The SMILES string of the molecule is CCNc1nccc(NCc2ccc(Br)s2)n1. The van der Waals surface area contributed by atoms with Gasteiger partial charge in [0, 0.05) is 17.6 Å². The molecule has 0 atom stereocenters. The van der Waals surface area contributed by atoms with Gasteiger partial charge in [-0.2, -0.15) is 4.98 Å². The lowest BCUT2D eigenvalue weighted by atomic mass is 10.4. The minimum Gasteiger partial charge on any atom is -0.365 e. The Morgan fingerprint density at radius 3 is 2.88 bits per heavy atom. The van der Waals surface area contributed by atoms with E-state index in [1.165, 1.54) is 4.88 Å². The van der Waals surface area contributed by atoms with Crippen LogP contribution in [0.4, 0.5) is 11.8 Å². The molecule has 0 radical (unpaired) electrons. The van der Waals surface area contributed by atoms with E-state index in [9.17, 15) is 0 Å². The van der Waals surface area contributed by atoms with Crippen LogP contribution in [0.3, 0.4) is 0 Å². The molecule has 0 unspecified atom stereocenters. The fraction of sp³-hybridized carbons (Fsp3) is 0.273. The van der Waals surface area contributed by atoms with E-state index in [4.69, 9.17) is 0 Å². The van der Waals surface area contributed by atoms with Crippen LogP contribution in [0.25, 0.3) is 0 Å². The van der Waals surface area contributed by atoms with Crippen molar-refractivity contribution < 1.29 is 0 Å². The van der Waals surface area contributed by atoms with E-state index in [1.807, 2.05) is 19.1 Å². The van der Waals surface area contributed by atoms with Crippen LogP contribution in [-0.4, -0.2) is 16.5 Å². The molecular weight excluding hydrogens is 300 g/mol. The maximum Gasteiger partial charge on any atom is 0.224 e. The van der Waals surface area contributed by atoms with Gasteiger partial charge in [-0.15, -0.1) is 11.3 Å². The van der Waals surface area contributed by atoms with Crippen LogP contribution in [-0.2, 0) is 6.54 Å². The number of rotatable bonds is 5. The Morgan fingerprint density at radius 2 is 2.18 bits per heavy atom. The molecule has 0 amide bonds. The standard InChI is InChI=1S/C11H13BrN4S/c1-2-13-11-14-6-5-10(16-11)15-7-8-3-4-9(12)17-8/h3-6H,2,7H2,1H3,(H2,13,14,15,16). The van der Waals surface area contributed by atoms with Crippen LogP contribution in [0.2, 0.25) is 0 Å². The largest absolute Gasteiger partial charge is 0.365 e. The van der Waals surface area contributed by atoms with Crippen molar-refractivity contribution in [3.63, 3.8) is 0 Å². The van der Waals surface area contributed by atoms with Gasteiger partial charge in [0.15, 0.2) is 0 Å². The monoisotopic (exact) mass is 312 g/mol. The Kier molecular flexibility index (Phi) is 4.33. The number of halogens is 1. The van der Waals surface area contributed by atoms with Crippen LogP contribution in [0.1, 0.15) is 11.8 Å². The summed E-state index contributed by atoms with van der Waals surface area (Å²) >= 11 is 5.16. The first-order valence-electron chi connectivity index (χ1n) is 5.33. The van der Waals surface area contributed by atoms with Gasteiger partial charge in [-0.3, -0.25) is 0 Å². The maximum absolute atomic E-state index is 4.34. The van der Waals surface area contributed by atoms with E-state index < -0.39 is 0 Å². The van der Waals surface area contributed by atoms with E-state index in [0.717, 1.165) is 22.7 Å². The summed E-state index contributed by atoms with van der Waals surface area (Å²) in [6.45, 7) is 3.62.